The summed E-state index contributed by atoms with van der Waals surface area (Å²) >= 11 is 0. The minimum absolute atomic E-state index is 0. The fourth-order valence-corrected chi connectivity index (χ4v) is 5.97. The molecule has 5 heteroatoms. The van der Waals surface area contributed by atoms with Crippen molar-refractivity contribution in [1.29, 1.82) is 0 Å². The van der Waals surface area contributed by atoms with Gasteiger partial charge in [0.1, 0.15) is 0 Å². The van der Waals surface area contributed by atoms with Crippen LogP contribution in [0.1, 0.15) is 99.3 Å². The van der Waals surface area contributed by atoms with E-state index in [1.54, 1.807) is 11.1 Å². The van der Waals surface area contributed by atoms with E-state index >= 15 is 0 Å². The van der Waals surface area contributed by atoms with Crippen LogP contribution in [0.5, 0.6) is 0 Å². The zero-order valence-electron chi connectivity index (χ0n) is 22.6. The molecule has 1 N–H and O–H groups in total. The molecule has 2 aromatic carbocycles. The fraction of sp³-hybridized carbons (Fsp3) is 0.438. The van der Waals surface area contributed by atoms with Crippen LogP contribution >= 0.6 is 0 Å². The molecule has 0 aliphatic heterocycles. The zero-order valence-corrected chi connectivity index (χ0v) is 25.0. The Kier molecular flexibility index (Phi) is 11.8. The first-order valence-electron chi connectivity index (χ1n) is 13.1. The molecule has 0 unspecified atom stereocenters. The van der Waals surface area contributed by atoms with Crippen molar-refractivity contribution in [2.45, 2.75) is 90.9 Å². The van der Waals surface area contributed by atoms with Crippen molar-refractivity contribution in [2.75, 3.05) is 0 Å². The molecule has 2 saturated carbocycles. The molecule has 0 spiro atoms. The van der Waals surface area contributed by atoms with Crippen LogP contribution < -0.4 is 0 Å². The zero-order chi connectivity index (χ0) is 24.9. The van der Waals surface area contributed by atoms with E-state index in [9.17, 15) is 4.79 Å². The van der Waals surface area contributed by atoms with Crippen LogP contribution in [0.3, 0.4) is 0 Å². The van der Waals surface area contributed by atoms with Crippen LogP contribution in [-0.4, -0.2) is 24.3 Å². The average Bonchev–Trinajstić information content (AvgIpc) is 3.51. The SMILES string of the molecule is CC(=O)C=C(C)O.Cc1[c-]c(-c2nccc3cc(C4CCCC4)c(C4CCCC4)cc23)cc(C)c1.[B].[Ir]. The standard InChI is InChI=1S/C27H30N.C5H8O2.B.Ir/c1-18-13-19(2)15-23(14-18)27-26-17-25(21-9-5-6-10-21)24(20-7-3-4-8-20)16-22(26)11-12-28-27;1-4(6)3-5(2)7;;/h11-14,16-17,20-21H,3-10H2,1-2H3;3,6H,1-2H3;;/q-1;;;. The number of aryl methyl sites for hydroxylation is 2. The van der Waals surface area contributed by atoms with Gasteiger partial charge in [0.2, 0.25) is 0 Å². The van der Waals surface area contributed by atoms with E-state index < -0.39 is 0 Å². The van der Waals surface area contributed by atoms with Crippen LogP contribution in [0, 0.1) is 19.9 Å². The van der Waals surface area contributed by atoms with Gasteiger partial charge < -0.3 is 10.1 Å². The summed E-state index contributed by atoms with van der Waals surface area (Å²) < 4.78 is 0. The second-order valence-electron chi connectivity index (χ2n) is 10.5. The number of nitrogens with zero attached hydrogens (tertiary/aromatic N) is 1. The average molecular weight is 672 g/mol. The minimum atomic E-state index is -0.125. The summed E-state index contributed by atoms with van der Waals surface area (Å²) in [6.45, 7) is 7.14. The number of aromatic nitrogens is 1. The third-order valence-corrected chi connectivity index (χ3v) is 7.37. The van der Waals surface area contributed by atoms with Crippen molar-refractivity contribution in [1.82, 2.24) is 4.98 Å². The van der Waals surface area contributed by atoms with Crippen molar-refractivity contribution in [3.8, 4) is 11.3 Å². The number of aliphatic hydroxyl groups excluding tert-OH is 1. The molecule has 3 aromatic rings. The molecule has 2 aliphatic rings. The van der Waals surface area contributed by atoms with E-state index in [-0.39, 0.29) is 40.1 Å². The Morgan fingerprint density at radius 2 is 1.51 bits per heavy atom. The van der Waals surface area contributed by atoms with E-state index in [1.807, 2.05) is 6.20 Å². The normalized spacial score (nSPS) is 16.1. The Morgan fingerprint density at radius 3 is 2.00 bits per heavy atom. The fourth-order valence-electron chi connectivity index (χ4n) is 5.97. The second kappa shape index (κ2) is 14.1. The summed E-state index contributed by atoms with van der Waals surface area (Å²) in [6.07, 6.45) is 14.2. The number of hydrogen-bond donors (Lipinski definition) is 1. The summed E-state index contributed by atoms with van der Waals surface area (Å²) in [5.41, 5.74) is 7.99. The van der Waals surface area contributed by atoms with Gasteiger partial charge in [0.05, 0.1) is 5.76 Å². The third kappa shape index (κ3) is 7.88. The number of rotatable bonds is 4. The van der Waals surface area contributed by atoms with Gasteiger partial charge in [-0.2, -0.15) is 0 Å². The summed E-state index contributed by atoms with van der Waals surface area (Å²) in [6, 6.07) is 15.2. The van der Waals surface area contributed by atoms with Crippen LogP contribution in [0.2, 0.25) is 0 Å². The van der Waals surface area contributed by atoms with E-state index in [0.29, 0.717) is 0 Å². The van der Waals surface area contributed by atoms with Gasteiger partial charge in [-0.3, -0.25) is 4.79 Å². The van der Waals surface area contributed by atoms with Gasteiger partial charge in [-0.1, -0.05) is 51.7 Å². The van der Waals surface area contributed by atoms with E-state index in [1.165, 1.54) is 93.2 Å². The summed E-state index contributed by atoms with van der Waals surface area (Å²) in [7, 11) is 0. The second-order valence-corrected chi connectivity index (χ2v) is 10.5. The number of fused-ring (bicyclic) bond motifs is 1. The maximum Gasteiger partial charge on any atom is 0.155 e. The van der Waals surface area contributed by atoms with Gasteiger partial charge in [-0.25, -0.2) is 0 Å². The number of hydrogen-bond acceptors (Lipinski definition) is 3. The topological polar surface area (TPSA) is 50.2 Å². The summed E-state index contributed by atoms with van der Waals surface area (Å²) in [4.78, 5) is 14.8. The van der Waals surface area contributed by atoms with Crippen molar-refractivity contribution in [3.63, 3.8) is 0 Å². The predicted octanol–water partition coefficient (Wildman–Crippen LogP) is 8.29. The molecule has 0 amide bonds. The summed E-state index contributed by atoms with van der Waals surface area (Å²) in [5.74, 6) is 1.45. The Morgan fingerprint density at radius 1 is 0.946 bits per heavy atom. The molecule has 0 saturated heterocycles. The predicted molar refractivity (Wildman–Crippen MR) is 151 cm³/mol. The molecule has 2 aliphatic carbocycles. The van der Waals surface area contributed by atoms with Gasteiger partial charge in [-0.05, 0) is 85.0 Å². The van der Waals surface area contributed by atoms with E-state index in [2.05, 4.69) is 50.2 Å². The number of ketones is 1. The van der Waals surface area contributed by atoms with E-state index in [0.717, 1.165) is 23.1 Å². The molecule has 0 atom stereocenters. The molecular weight excluding hydrogens is 633 g/mol. The number of carbonyl (C=O) groups excluding carboxylic acids is 1. The minimum Gasteiger partial charge on any atom is -0.512 e. The smallest absolute Gasteiger partial charge is 0.155 e. The number of aliphatic hydroxyl groups is 1. The van der Waals surface area contributed by atoms with Crippen molar-refractivity contribution in [2.24, 2.45) is 0 Å². The molecule has 1 aromatic heterocycles. The first-order valence-corrected chi connectivity index (χ1v) is 13.1. The molecule has 3 nitrogen and oxygen atoms in total. The Labute approximate surface area is 238 Å². The van der Waals surface area contributed by atoms with Gasteiger partial charge in [0.25, 0.3) is 0 Å². The number of pyridine rings is 1. The first kappa shape index (κ1) is 31.0. The molecular formula is C32H38BIrNO2-. The molecule has 2 fully saturated rings. The van der Waals surface area contributed by atoms with Crippen molar-refractivity contribution >= 4 is 25.0 Å². The molecule has 1 heterocycles. The van der Waals surface area contributed by atoms with Gasteiger partial charge >= 0.3 is 0 Å². The van der Waals surface area contributed by atoms with E-state index in [4.69, 9.17) is 10.1 Å². The molecule has 4 radical (unpaired) electrons. The monoisotopic (exact) mass is 672 g/mol. The molecule has 37 heavy (non-hydrogen) atoms. The number of allylic oxidation sites excluding steroid dienone is 2. The molecule has 196 valence electrons. The number of benzene rings is 2. The van der Waals surface area contributed by atoms with Crippen LogP contribution in [0.25, 0.3) is 22.0 Å². The maximum atomic E-state index is 10.0. The van der Waals surface area contributed by atoms with Gasteiger partial charge in [-0.15, -0.1) is 34.9 Å². The Hall–Kier alpha value is -2.23. The summed E-state index contributed by atoms with van der Waals surface area (Å²) in [5, 5.41) is 11.0. The van der Waals surface area contributed by atoms with Crippen LogP contribution in [0.4, 0.5) is 0 Å². The largest absolute Gasteiger partial charge is 0.512 e. The molecule has 0 bridgehead atoms. The molecule has 5 rings (SSSR count). The van der Waals surface area contributed by atoms with Crippen molar-refractivity contribution < 1.29 is 30.0 Å². The quantitative estimate of drug-likeness (QED) is 0.132. The third-order valence-electron chi connectivity index (χ3n) is 7.37. The van der Waals surface area contributed by atoms with Gasteiger partial charge in [0, 0.05) is 40.8 Å². The Balaban J connectivity index is 0.000000476. The van der Waals surface area contributed by atoms with Gasteiger partial charge in [0.15, 0.2) is 5.78 Å². The maximum absolute atomic E-state index is 10.0. The number of carbonyl (C=O) groups is 1. The van der Waals surface area contributed by atoms with Crippen molar-refractivity contribution in [3.05, 3.63) is 76.7 Å². The Bertz CT molecular complexity index is 1220. The first-order chi connectivity index (χ1) is 16.8. The van der Waals surface area contributed by atoms with Crippen LogP contribution in [0.15, 0.2) is 48.4 Å². The van der Waals surface area contributed by atoms with Crippen LogP contribution in [-0.2, 0) is 24.9 Å².